The lowest BCUT2D eigenvalue weighted by Gasteiger charge is -2.43. The molecule has 0 saturated carbocycles. The largest absolute Gasteiger partial charge is 0.309 e. The quantitative estimate of drug-likeness (QED) is 0.823. The molecule has 0 spiro atoms. The Morgan fingerprint density at radius 2 is 2.17 bits per heavy atom. The molecule has 2 aliphatic rings. The summed E-state index contributed by atoms with van der Waals surface area (Å²) in [6, 6.07) is 0. The maximum atomic E-state index is 12.8. The molecule has 0 unspecified atom stereocenters. The van der Waals surface area contributed by atoms with E-state index in [1.54, 1.807) is 46.3 Å². The maximum absolute atomic E-state index is 12.8. The first-order chi connectivity index (χ1) is 11.1. The molecule has 0 bridgehead atoms. The van der Waals surface area contributed by atoms with Crippen LogP contribution in [0.5, 0.6) is 0 Å². The fourth-order valence-corrected chi connectivity index (χ4v) is 3.47. The van der Waals surface area contributed by atoms with Gasteiger partial charge < -0.3 is 4.90 Å². The lowest BCUT2D eigenvalue weighted by atomic mass is 9.89. The molecule has 2 amide bonds. The Hall–Kier alpha value is -2.77. The van der Waals surface area contributed by atoms with Crippen molar-refractivity contribution >= 4 is 23.3 Å². The third-order valence-corrected chi connectivity index (χ3v) is 4.76. The van der Waals surface area contributed by atoms with Crippen molar-refractivity contribution in [3.8, 4) is 5.95 Å². The highest BCUT2D eigenvalue weighted by molar-refractivity contribution is 6.16. The molecule has 23 heavy (non-hydrogen) atoms. The van der Waals surface area contributed by atoms with Gasteiger partial charge in [-0.1, -0.05) is 6.92 Å². The van der Waals surface area contributed by atoms with Crippen LogP contribution in [0.1, 0.15) is 26.2 Å². The highest BCUT2D eigenvalue weighted by Gasteiger charge is 2.56. The zero-order valence-corrected chi connectivity index (χ0v) is 12.9. The zero-order valence-electron chi connectivity index (χ0n) is 12.9. The summed E-state index contributed by atoms with van der Waals surface area (Å²) in [6.45, 7) is 1.93. The van der Waals surface area contributed by atoms with Crippen LogP contribution in [-0.2, 0) is 9.59 Å². The van der Waals surface area contributed by atoms with E-state index in [9.17, 15) is 9.59 Å². The third-order valence-electron chi connectivity index (χ3n) is 4.76. The minimum Gasteiger partial charge on any atom is -0.309 e. The Morgan fingerprint density at radius 3 is 2.87 bits per heavy atom. The van der Waals surface area contributed by atoms with Gasteiger partial charge in [-0.25, -0.2) is 9.97 Å². The fraction of sp³-hybridized carbons (Fsp3) is 0.400. The molecule has 1 saturated heterocycles. The Labute approximate surface area is 132 Å². The van der Waals surface area contributed by atoms with E-state index >= 15 is 0 Å². The number of carbonyl (C=O) groups excluding carboxylic acids is 2. The van der Waals surface area contributed by atoms with E-state index in [2.05, 4.69) is 15.0 Å². The van der Waals surface area contributed by atoms with Gasteiger partial charge in [0, 0.05) is 25.9 Å². The standard InChI is InChI=1S/C15H16N6O2/c1-3-15-5-4-11(22)21(15)12-10(19(2)13(15)23)8-17-14(18-12)20-7-6-16-9-20/h6-9H,3-5H2,1-2H3/t15-/m0/s1. The van der Waals surface area contributed by atoms with E-state index in [1.165, 1.54) is 0 Å². The normalized spacial score (nSPS) is 23.2. The van der Waals surface area contributed by atoms with Crippen molar-refractivity contribution in [3.05, 3.63) is 24.9 Å². The van der Waals surface area contributed by atoms with Crippen LogP contribution in [0.3, 0.4) is 0 Å². The number of aromatic nitrogens is 4. The van der Waals surface area contributed by atoms with Crippen molar-refractivity contribution in [3.63, 3.8) is 0 Å². The van der Waals surface area contributed by atoms with Gasteiger partial charge in [-0.05, 0) is 12.8 Å². The number of carbonyl (C=O) groups is 2. The van der Waals surface area contributed by atoms with Crippen LogP contribution < -0.4 is 9.80 Å². The van der Waals surface area contributed by atoms with Crippen molar-refractivity contribution < 1.29 is 9.59 Å². The van der Waals surface area contributed by atoms with Gasteiger partial charge in [-0.3, -0.25) is 19.1 Å². The van der Waals surface area contributed by atoms with Crippen molar-refractivity contribution in [1.29, 1.82) is 0 Å². The molecule has 0 radical (unpaired) electrons. The predicted octanol–water partition coefficient (Wildman–Crippen LogP) is 0.914. The van der Waals surface area contributed by atoms with Crippen LogP contribution in [-0.4, -0.2) is 43.9 Å². The monoisotopic (exact) mass is 312 g/mol. The minimum atomic E-state index is -0.820. The molecule has 4 rings (SSSR count). The van der Waals surface area contributed by atoms with Gasteiger partial charge in [0.25, 0.3) is 5.91 Å². The SMILES string of the molecule is CC[C@@]12CCC(=O)N1c1nc(-n3ccnc3)ncc1N(C)C2=O. The molecule has 4 heterocycles. The molecule has 0 aliphatic carbocycles. The van der Waals surface area contributed by atoms with Crippen molar-refractivity contribution in [1.82, 2.24) is 19.5 Å². The Morgan fingerprint density at radius 1 is 1.35 bits per heavy atom. The van der Waals surface area contributed by atoms with E-state index < -0.39 is 5.54 Å². The van der Waals surface area contributed by atoms with E-state index in [1.807, 2.05) is 6.92 Å². The molecule has 2 aliphatic heterocycles. The number of hydrogen-bond acceptors (Lipinski definition) is 5. The van der Waals surface area contributed by atoms with Gasteiger partial charge in [-0.2, -0.15) is 4.98 Å². The fourth-order valence-electron chi connectivity index (χ4n) is 3.47. The Balaban J connectivity index is 1.94. The highest BCUT2D eigenvalue weighted by atomic mass is 16.2. The molecule has 0 aromatic carbocycles. The summed E-state index contributed by atoms with van der Waals surface area (Å²) in [5, 5.41) is 0. The topological polar surface area (TPSA) is 84.2 Å². The Bertz CT molecular complexity index is 802. The number of likely N-dealkylation sites (N-methyl/N-ethyl adjacent to an activating group) is 1. The molecule has 1 fully saturated rings. The van der Waals surface area contributed by atoms with E-state index in [-0.39, 0.29) is 11.8 Å². The second kappa shape index (κ2) is 4.61. The molecule has 0 N–H and O–H groups in total. The van der Waals surface area contributed by atoms with Crippen molar-refractivity contribution in [2.75, 3.05) is 16.8 Å². The summed E-state index contributed by atoms with van der Waals surface area (Å²) >= 11 is 0. The van der Waals surface area contributed by atoms with Gasteiger partial charge in [0.15, 0.2) is 5.82 Å². The zero-order chi connectivity index (χ0) is 16.2. The first kappa shape index (κ1) is 13.9. The van der Waals surface area contributed by atoms with Gasteiger partial charge in [0.2, 0.25) is 11.9 Å². The molecular weight excluding hydrogens is 296 g/mol. The number of fused-ring (bicyclic) bond motifs is 3. The number of rotatable bonds is 2. The summed E-state index contributed by atoms with van der Waals surface area (Å²) < 4.78 is 1.67. The van der Waals surface area contributed by atoms with Crippen LogP contribution in [0, 0.1) is 0 Å². The lowest BCUT2D eigenvalue weighted by Crippen LogP contribution is -2.60. The number of amides is 2. The van der Waals surface area contributed by atoms with Gasteiger partial charge in [-0.15, -0.1) is 0 Å². The molecule has 8 heteroatoms. The number of hydrogen-bond donors (Lipinski definition) is 0. The maximum Gasteiger partial charge on any atom is 0.253 e. The number of anilines is 2. The second-order valence-corrected chi connectivity index (χ2v) is 5.83. The van der Waals surface area contributed by atoms with Crippen molar-refractivity contribution in [2.24, 2.45) is 0 Å². The average Bonchev–Trinajstić information content (AvgIpc) is 3.21. The molecule has 118 valence electrons. The van der Waals surface area contributed by atoms with E-state index in [4.69, 9.17) is 0 Å². The molecule has 8 nitrogen and oxygen atoms in total. The third kappa shape index (κ3) is 1.68. The molecule has 2 aromatic heterocycles. The van der Waals surface area contributed by atoms with E-state index in [0.717, 1.165) is 0 Å². The van der Waals surface area contributed by atoms with Gasteiger partial charge in [0.05, 0.1) is 6.20 Å². The smallest absolute Gasteiger partial charge is 0.253 e. The van der Waals surface area contributed by atoms with Crippen molar-refractivity contribution in [2.45, 2.75) is 31.7 Å². The van der Waals surface area contributed by atoms with Gasteiger partial charge in [0.1, 0.15) is 17.6 Å². The van der Waals surface area contributed by atoms with Gasteiger partial charge >= 0.3 is 0 Å². The lowest BCUT2D eigenvalue weighted by molar-refractivity contribution is -0.126. The average molecular weight is 312 g/mol. The first-order valence-electron chi connectivity index (χ1n) is 7.55. The van der Waals surface area contributed by atoms with Crippen LogP contribution >= 0.6 is 0 Å². The highest BCUT2D eigenvalue weighted by Crippen LogP contribution is 2.46. The summed E-state index contributed by atoms with van der Waals surface area (Å²) in [6.07, 6.45) is 7.99. The van der Waals surface area contributed by atoms with Crippen LogP contribution in [0.25, 0.3) is 5.95 Å². The molecular formula is C15H16N6O2. The first-order valence-corrected chi connectivity index (χ1v) is 7.55. The predicted molar refractivity (Wildman–Crippen MR) is 82.3 cm³/mol. The van der Waals surface area contributed by atoms with Crippen LogP contribution in [0.4, 0.5) is 11.5 Å². The Kier molecular flexibility index (Phi) is 2.78. The minimum absolute atomic E-state index is 0.0650. The summed E-state index contributed by atoms with van der Waals surface area (Å²) in [4.78, 5) is 41.3. The molecule has 1 atom stereocenters. The number of nitrogens with zero attached hydrogens (tertiary/aromatic N) is 6. The summed E-state index contributed by atoms with van der Waals surface area (Å²) in [5.74, 6) is 0.783. The summed E-state index contributed by atoms with van der Waals surface area (Å²) in [7, 11) is 1.71. The number of imidazole rings is 1. The molecule has 2 aromatic rings. The van der Waals surface area contributed by atoms with Crippen LogP contribution in [0.15, 0.2) is 24.9 Å². The van der Waals surface area contributed by atoms with E-state index in [0.29, 0.717) is 36.7 Å². The summed E-state index contributed by atoms with van der Waals surface area (Å²) in [5.41, 5.74) is -0.266. The second-order valence-electron chi connectivity index (χ2n) is 5.83. The van der Waals surface area contributed by atoms with Crippen LogP contribution in [0.2, 0.25) is 0 Å².